The summed E-state index contributed by atoms with van der Waals surface area (Å²) in [4.78, 5) is 20.8. The minimum absolute atomic E-state index is 0.00781. The Kier molecular flexibility index (Phi) is 10.2. The first-order chi connectivity index (χ1) is 16.8. The molecule has 1 N–H and O–H groups in total. The zero-order chi connectivity index (χ0) is 25.4. The second-order valence-corrected chi connectivity index (χ2v) is 9.54. The zero-order valence-electron chi connectivity index (χ0n) is 21.0. The summed E-state index contributed by atoms with van der Waals surface area (Å²) in [5.41, 5.74) is -0.703. The minimum Gasteiger partial charge on any atom is -0.379 e. The fourth-order valence-corrected chi connectivity index (χ4v) is 4.98. The van der Waals surface area contributed by atoms with Crippen LogP contribution >= 0.6 is 0 Å². The Hall–Kier alpha value is -1.91. The molecule has 0 radical (unpaired) electrons. The van der Waals surface area contributed by atoms with Crippen molar-refractivity contribution in [3.63, 3.8) is 0 Å². The number of aromatic nitrogens is 1. The lowest BCUT2D eigenvalue weighted by molar-refractivity contribution is -0.137. The number of pyridine rings is 1. The first kappa shape index (κ1) is 27.7. The molecular weight excluding hydrogens is 461 g/mol. The number of carbonyl (C=O) groups is 1. The van der Waals surface area contributed by atoms with Gasteiger partial charge in [0.2, 0.25) is 5.91 Å². The fourth-order valence-electron chi connectivity index (χ4n) is 4.98. The monoisotopic (exact) mass is 500 g/mol. The van der Waals surface area contributed by atoms with Crippen LogP contribution in [0.2, 0.25) is 0 Å². The molecule has 1 aliphatic carbocycles. The lowest BCUT2D eigenvalue weighted by Crippen LogP contribution is -2.51. The highest BCUT2D eigenvalue weighted by Gasteiger charge is 2.37. The number of methoxy groups -OCH3 is 1. The first-order valence-corrected chi connectivity index (χ1v) is 12.7. The molecule has 7 nitrogen and oxygen atoms in total. The van der Waals surface area contributed by atoms with Gasteiger partial charge in [0.1, 0.15) is 5.82 Å². The number of hydrogen-bond acceptors (Lipinski definition) is 6. The van der Waals surface area contributed by atoms with Crippen LogP contribution in [0.25, 0.3) is 0 Å². The zero-order valence-corrected chi connectivity index (χ0v) is 21.0. The Balaban J connectivity index is 0.00000108. The highest BCUT2D eigenvalue weighted by Crippen LogP contribution is 2.32. The van der Waals surface area contributed by atoms with E-state index in [1.54, 1.807) is 7.11 Å². The highest BCUT2D eigenvalue weighted by molar-refractivity contribution is 5.79. The van der Waals surface area contributed by atoms with Gasteiger partial charge in [0.15, 0.2) is 0 Å². The standard InChI is InChI=1S/C22H31F3N4O3.C3H8/c1-31-19-14-32-11-5-18(19)27-17-3-2-15(12-17)21(30)29-9-7-28(8-10-29)20-13-16(4-6-26-20)22(23,24)25;1-3-2/h4,6,13,15,17-19,27H,2-3,5,7-12,14H2,1H3;3H2,1-2H3. The number of halogens is 3. The fraction of sp³-hybridized carbons (Fsp3) is 0.760. The van der Waals surface area contributed by atoms with Gasteiger partial charge in [0, 0.05) is 64.1 Å². The minimum atomic E-state index is -4.39. The summed E-state index contributed by atoms with van der Waals surface area (Å²) in [5.74, 6) is 0.453. The van der Waals surface area contributed by atoms with Crippen molar-refractivity contribution in [2.75, 3.05) is 51.4 Å². The highest BCUT2D eigenvalue weighted by atomic mass is 19.4. The molecule has 3 fully saturated rings. The van der Waals surface area contributed by atoms with Gasteiger partial charge in [0.05, 0.1) is 18.3 Å². The summed E-state index contributed by atoms with van der Waals surface area (Å²) >= 11 is 0. The molecule has 35 heavy (non-hydrogen) atoms. The largest absolute Gasteiger partial charge is 0.416 e. The first-order valence-electron chi connectivity index (χ1n) is 12.7. The molecule has 1 amide bonds. The van der Waals surface area contributed by atoms with Crippen LogP contribution in [-0.2, 0) is 20.4 Å². The van der Waals surface area contributed by atoms with Crippen LogP contribution < -0.4 is 10.2 Å². The molecule has 4 unspecified atom stereocenters. The quantitative estimate of drug-likeness (QED) is 0.665. The maximum Gasteiger partial charge on any atom is 0.416 e. The Bertz CT molecular complexity index is 802. The summed E-state index contributed by atoms with van der Waals surface area (Å²) in [6.45, 7) is 7.51. The van der Waals surface area contributed by atoms with Gasteiger partial charge in [-0.1, -0.05) is 20.3 Å². The maximum absolute atomic E-state index is 13.1. The van der Waals surface area contributed by atoms with Crippen LogP contribution in [0.15, 0.2) is 18.3 Å². The third kappa shape index (κ3) is 7.54. The molecule has 198 valence electrons. The Morgan fingerprint density at radius 2 is 1.91 bits per heavy atom. The lowest BCUT2D eigenvalue weighted by atomic mass is 10.0. The molecule has 2 saturated heterocycles. The number of carbonyl (C=O) groups excluding carboxylic acids is 1. The number of anilines is 1. The number of hydrogen-bond donors (Lipinski definition) is 1. The predicted molar refractivity (Wildman–Crippen MR) is 128 cm³/mol. The van der Waals surface area contributed by atoms with Gasteiger partial charge >= 0.3 is 6.18 Å². The summed E-state index contributed by atoms with van der Waals surface area (Å²) in [5, 5.41) is 3.67. The van der Waals surface area contributed by atoms with Gasteiger partial charge in [-0.05, 0) is 37.8 Å². The summed E-state index contributed by atoms with van der Waals surface area (Å²) in [6.07, 6.45) is 1.60. The van der Waals surface area contributed by atoms with Gasteiger partial charge in [0.25, 0.3) is 0 Å². The molecule has 0 spiro atoms. The van der Waals surface area contributed by atoms with Crippen molar-refractivity contribution in [3.8, 4) is 0 Å². The van der Waals surface area contributed by atoms with Gasteiger partial charge in [-0.3, -0.25) is 4.79 Å². The van der Waals surface area contributed by atoms with Crippen LogP contribution in [0.4, 0.5) is 19.0 Å². The van der Waals surface area contributed by atoms with Crippen molar-refractivity contribution in [3.05, 3.63) is 23.9 Å². The van der Waals surface area contributed by atoms with E-state index in [2.05, 4.69) is 24.1 Å². The number of rotatable bonds is 5. The molecule has 10 heteroatoms. The van der Waals surface area contributed by atoms with E-state index in [9.17, 15) is 18.0 Å². The molecule has 0 bridgehead atoms. The SMILES string of the molecule is CCC.COC1COCCC1NC1CCC(C(=O)N2CCN(c3cc(C(F)(F)F)ccn3)CC2)C1. The Morgan fingerprint density at radius 1 is 1.20 bits per heavy atom. The summed E-state index contributed by atoms with van der Waals surface area (Å²) in [7, 11) is 1.70. The average Bonchev–Trinajstić information content (AvgIpc) is 3.32. The van der Waals surface area contributed by atoms with Crippen LogP contribution in [0, 0.1) is 5.92 Å². The smallest absolute Gasteiger partial charge is 0.379 e. The van der Waals surface area contributed by atoms with Crippen LogP contribution in [-0.4, -0.2) is 80.5 Å². The predicted octanol–water partition coefficient (Wildman–Crippen LogP) is 3.73. The molecule has 3 aliphatic rings. The summed E-state index contributed by atoms with van der Waals surface area (Å²) in [6, 6.07) is 2.59. The van der Waals surface area contributed by atoms with E-state index in [0.717, 1.165) is 44.4 Å². The van der Waals surface area contributed by atoms with Gasteiger partial charge in [-0.2, -0.15) is 13.2 Å². The molecule has 1 aromatic heterocycles. The molecule has 1 saturated carbocycles. The topological polar surface area (TPSA) is 66.9 Å². The second kappa shape index (κ2) is 12.9. The Labute approximate surface area is 206 Å². The Morgan fingerprint density at radius 3 is 2.57 bits per heavy atom. The maximum atomic E-state index is 13.1. The molecule has 1 aromatic rings. The average molecular weight is 501 g/mol. The molecule has 4 atom stereocenters. The van der Waals surface area contributed by atoms with E-state index in [1.807, 2.05) is 9.80 Å². The number of ether oxygens (including phenoxy) is 2. The number of amides is 1. The third-order valence-electron chi connectivity index (χ3n) is 6.83. The van der Waals surface area contributed by atoms with Crippen LogP contribution in [0.3, 0.4) is 0 Å². The van der Waals surface area contributed by atoms with Crippen molar-refractivity contribution in [1.29, 1.82) is 0 Å². The molecule has 0 aromatic carbocycles. The van der Waals surface area contributed by atoms with Crippen molar-refractivity contribution < 1.29 is 27.4 Å². The van der Waals surface area contributed by atoms with Gasteiger partial charge < -0.3 is 24.6 Å². The molecule has 4 rings (SSSR count). The normalized spacial score (nSPS) is 27.4. The molecular formula is C25H39F3N4O3. The third-order valence-corrected chi connectivity index (χ3v) is 6.83. The number of alkyl halides is 3. The lowest BCUT2D eigenvalue weighted by Gasteiger charge is -2.37. The van der Waals surface area contributed by atoms with Crippen molar-refractivity contribution in [2.45, 2.75) is 70.3 Å². The number of nitrogens with zero attached hydrogens (tertiary/aromatic N) is 3. The van der Waals surface area contributed by atoms with Crippen LogP contribution in [0.1, 0.15) is 51.5 Å². The van der Waals surface area contributed by atoms with Crippen molar-refractivity contribution >= 4 is 11.7 Å². The van der Waals surface area contributed by atoms with Crippen molar-refractivity contribution in [2.24, 2.45) is 5.92 Å². The van der Waals surface area contributed by atoms with Crippen molar-refractivity contribution in [1.82, 2.24) is 15.2 Å². The van der Waals surface area contributed by atoms with Crippen LogP contribution in [0.5, 0.6) is 0 Å². The molecule has 2 aliphatic heterocycles. The van der Waals surface area contributed by atoms with E-state index in [0.29, 0.717) is 44.6 Å². The van der Waals surface area contributed by atoms with E-state index < -0.39 is 11.7 Å². The second-order valence-electron chi connectivity index (χ2n) is 9.54. The van der Waals surface area contributed by atoms with E-state index in [4.69, 9.17) is 9.47 Å². The van der Waals surface area contributed by atoms with E-state index in [1.165, 1.54) is 12.6 Å². The summed E-state index contributed by atoms with van der Waals surface area (Å²) < 4.78 is 49.9. The van der Waals surface area contributed by atoms with E-state index in [-0.39, 0.29) is 24.0 Å². The van der Waals surface area contributed by atoms with Gasteiger partial charge in [-0.25, -0.2) is 4.98 Å². The number of piperazine rings is 1. The van der Waals surface area contributed by atoms with E-state index >= 15 is 0 Å². The molecule has 3 heterocycles. The van der Waals surface area contributed by atoms with Gasteiger partial charge in [-0.15, -0.1) is 0 Å². The number of nitrogens with one attached hydrogen (secondary N) is 1.